The Kier molecular flexibility index (Phi) is 4.31. The summed E-state index contributed by atoms with van der Waals surface area (Å²) >= 11 is 0. The predicted octanol–water partition coefficient (Wildman–Crippen LogP) is 1.48. The van der Waals surface area contributed by atoms with Crippen LogP contribution in [0.2, 0.25) is 0 Å². The molecule has 88 valence electrons. The van der Waals surface area contributed by atoms with Gasteiger partial charge in [0.05, 0.1) is 6.42 Å². The van der Waals surface area contributed by atoms with Crippen LogP contribution in [0.25, 0.3) is 0 Å². The minimum absolute atomic E-state index is 0.0784. The van der Waals surface area contributed by atoms with E-state index in [9.17, 15) is 4.79 Å². The Morgan fingerprint density at radius 1 is 1.44 bits per heavy atom. The molecule has 0 spiro atoms. The molecule has 0 bridgehead atoms. The maximum Gasteiger partial charge on any atom is 0.305 e. The Balaban J connectivity index is 2.57. The van der Waals surface area contributed by atoms with E-state index in [1.165, 1.54) is 0 Å². The number of hydrogen-bond donors (Lipinski definition) is 2. The van der Waals surface area contributed by atoms with E-state index in [1.807, 2.05) is 32.0 Å². The SMILES string of the molecule is Cc1cccc(C)c1OCC(N)CC(=O)O. The summed E-state index contributed by atoms with van der Waals surface area (Å²) in [6.07, 6.45) is -0.0784. The second kappa shape index (κ2) is 5.51. The van der Waals surface area contributed by atoms with Crippen molar-refractivity contribution in [1.29, 1.82) is 0 Å². The van der Waals surface area contributed by atoms with Crippen LogP contribution in [0.1, 0.15) is 17.5 Å². The highest BCUT2D eigenvalue weighted by atomic mass is 16.5. The van der Waals surface area contributed by atoms with Crippen LogP contribution in [0.5, 0.6) is 5.75 Å². The number of aryl methyl sites for hydroxylation is 2. The van der Waals surface area contributed by atoms with Gasteiger partial charge in [0, 0.05) is 6.04 Å². The first-order valence-corrected chi connectivity index (χ1v) is 5.17. The molecule has 1 aromatic carbocycles. The summed E-state index contributed by atoms with van der Waals surface area (Å²) in [4.78, 5) is 10.4. The molecule has 1 rings (SSSR count). The minimum Gasteiger partial charge on any atom is -0.491 e. The molecule has 3 N–H and O–H groups in total. The number of hydrogen-bond acceptors (Lipinski definition) is 3. The van der Waals surface area contributed by atoms with Crippen LogP contribution in [0.15, 0.2) is 18.2 Å². The van der Waals surface area contributed by atoms with E-state index in [1.54, 1.807) is 0 Å². The molecule has 0 aliphatic carbocycles. The van der Waals surface area contributed by atoms with Gasteiger partial charge in [-0.2, -0.15) is 0 Å². The normalized spacial score (nSPS) is 12.2. The maximum atomic E-state index is 10.4. The second-order valence-electron chi connectivity index (χ2n) is 3.89. The number of nitrogens with two attached hydrogens (primary N) is 1. The van der Waals surface area contributed by atoms with Gasteiger partial charge >= 0.3 is 5.97 Å². The van der Waals surface area contributed by atoms with Crippen molar-refractivity contribution in [2.24, 2.45) is 5.73 Å². The predicted molar refractivity (Wildman–Crippen MR) is 61.6 cm³/mol. The third-order valence-corrected chi connectivity index (χ3v) is 2.29. The summed E-state index contributed by atoms with van der Waals surface area (Å²) in [5.74, 6) is -0.110. The number of rotatable bonds is 5. The molecule has 1 atom stereocenters. The topological polar surface area (TPSA) is 72.5 Å². The zero-order valence-corrected chi connectivity index (χ0v) is 9.56. The number of carboxylic acids is 1. The molecule has 1 aromatic rings. The summed E-state index contributed by atoms with van der Waals surface area (Å²) in [6, 6.07) is 5.38. The first-order valence-electron chi connectivity index (χ1n) is 5.17. The van der Waals surface area contributed by atoms with Crippen LogP contribution in [0, 0.1) is 13.8 Å². The molecule has 0 saturated carbocycles. The zero-order valence-electron chi connectivity index (χ0n) is 9.56. The first-order chi connectivity index (χ1) is 7.50. The fourth-order valence-corrected chi connectivity index (χ4v) is 1.50. The molecule has 0 aliphatic heterocycles. The van der Waals surface area contributed by atoms with Crippen LogP contribution < -0.4 is 10.5 Å². The monoisotopic (exact) mass is 223 g/mol. The van der Waals surface area contributed by atoms with E-state index in [0.29, 0.717) is 0 Å². The molecule has 4 heteroatoms. The Bertz CT molecular complexity index is 356. The van der Waals surface area contributed by atoms with Gasteiger partial charge in [-0.05, 0) is 25.0 Å². The van der Waals surface area contributed by atoms with Crippen molar-refractivity contribution >= 4 is 5.97 Å². The third-order valence-electron chi connectivity index (χ3n) is 2.29. The maximum absolute atomic E-state index is 10.4. The highest BCUT2D eigenvalue weighted by Crippen LogP contribution is 2.22. The molecule has 0 aromatic heterocycles. The fourth-order valence-electron chi connectivity index (χ4n) is 1.50. The summed E-state index contributed by atoms with van der Waals surface area (Å²) in [5, 5.41) is 8.55. The summed E-state index contributed by atoms with van der Waals surface area (Å²) in [6.45, 7) is 4.12. The number of para-hydroxylation sites is 1. The quantitative estimate of drug-likeness (QED) is 0.793. The van der Waals surface area contributed by atoms with Crippen molar-refractivity contribution in [1.82, 2.24) is 0 Å². The molecular formula is C12H17NO3. The van der Waals surface area contributed by atoms with Crippen molar-refractivity contribution in [2.45, 2.75) is 26.3 Å². The lowest BCUT2D eigenvalue weighted by molar-refractivity contribution is -0.137. The minimum atomic E-state index is -0.905. The molecule has 16 heavy (non-hydrogen) atoms. The van der Waals surface area contributed by atoms with Crippen LogP contribution in [-0.2, 0) is 4.79 Å². The van der Waals surface area contributed by atoms with Gasteiger partial charge in [0.2, 0.25) is 0 Å². The van der Waals surface area contributed by atoms with Gasteiger partial charge in [-0.15, -0.1) is 0 Å². The lowest BCUT2D eigenvalue weighted by Crippen LogP contribution is -2.30. The van der Waals surface area contributed by atoms with E-state index in [4.69, 9.17) is 15.6 Å². The van der Waals surface area contributed by atoms with E-state index in [-0.39, 0.29) is 13.0 Å². The largest absolute Gasteiger partial charge is 0.491 e. The van der Waals surface area contributed by atoms with Gasteiger partial charge in [0.25, 0.3) is 0 Å². The molecular weight excluding hydrogens is 206 g/mol. The van der Waals surface area contributed by atoms with Crippen LogP contribution in [-0.4, -0.2) is 23.7 Å². The van der Waals surface area contributed by atoms with Gasteiger partial charge in [-0.1, -0.05) is 18.2 Å². The summed E-state index contributed by atoms with van der Waals surface area (Å²) in [5.41, 5.74) is 7.68. The molecule has 0 saturated heterocycles. The van der Waals surface area contributed by atoms with E-state index in [0.717, 1.165) is 16.9 Å². The van der Waals surface area contributed by atoms with Crippen molar-refractivity contribution < 1.29 is 14.6 Å². The molecule has 0 heterocycles. The van der Waals surface area contributed by atoms with Crippen LogP contribution in [0.3, 0.4) is 0 Å². The van der Waals surface area contributed by atoms with E-state index in [2.05, 4.69) is 0 Å². The Hall–Kier alpha value is -1.55. The average Bonchev–Trinajstić information content (AvgIpc) is 2.15. The summed E-state index contributed by atoms with van der Waals surface area (Å²) < 4.78 is 5.54. The van der Waals surface area contributed by atoms with Gasteiger partial charge in [0.1, 0.15) is 12.4 Å². The lowest BCUT2D eigenvalue weighted by atomic mass is 10.1. The first kappa shape index (κ1) is 12.5. The fraction of sp³-hybridized carbons (Fsp3) is 0.417. The molecule has 0 fully saturated rings. The Morgan fingerprint density at radius 2 is 2.00 bits per heavy atom. The average molecular weight is 223 g/mol. The standard InChI is InChI=1S/C12H17NO3/c1-8-4-3-5-9(2)12(8)16-7-10(13)6-11(14)15/h3-5,10H,6-7,13H2,1-2H3,(H,14,15). The third kappa shape index (κ3) is 3.55. The van der Waals surface area contributed by atoms with Gasteiger partial charge in [0.15, 0.2) is 0 Å². The van der Waals surface area contributed by atoms with E-state index < -0.39 is 12.0 Å². The number of ether oxygens (including phenoxy) is 1. The van der Waals surface area contributed by atoms with Gasteiger partial charge in [-0.3, -0.25) is 4.79 Å². The highest BCUT2D eigenvalue weighted by Gasteiger charge is 2.10. The van der Waals surface area contributed by atoms with Crippen molar-refractivity contribution in [3.8, 4) is 5.75 Å². The summed E-state index contributed by atoms with van der Waals surface area (Å²) in [7, 11) is 0. The highest BCUT2D eigenvalue weighted by molar-refractivity contribution is 5.67. The van der Waals surface area contributed by atoms with E-state index >= 15 is 0 Å². The van der Waals surface area contributed by atoms with Crippen LogP contribution >= 0.6 is 0 Å². The molecule has 0 aliphatic rings. The number of carboxylic acid groups (broad SMARTS) is 1. The Morgan fingerprint density at radius 3 is 2.50 bits per heavy atom. The van der Waals surface area contributed by atoms with Gasteiger partial charge in [-0.25, -0.2) is 0 Å². The molecule has 4 nitrogen and oxygen atoms in total. The van der Waals surface area contributed by atoms with Gasteiger partial charge < -0.3 is 15.6 Å². The second-order valence-corrected chi connectivity index (χ2v) is 3.89. The number of benzene rings is 1. The number of carbonyl (C=O) groups is 1. The number of aliphatic carboxylic acids is 1. The molecule has 0 radical (unpaired) electrons. The molecule has 0 amide bonds. The molecule has 1 unspecified atom stereocenters. The zero-order chi connectivity index (χ0) is 12.1. The van der Waals surface area contributed by atoms with Crippen LogP contribution in [0.4, 0.5) is 0 Å². The van der Waals surface area contributed by atoms with Crippen molar-refractivity contribution in [2.75, 3.05) is 6.61 Å². The van der Waals surface area contributed by atoms with Crippen molar-refractivity contribution in [3.63, 3.8) is 0 Å². The van der Waals surface area contributed by atoms with Crippen molar-refractivity contribution in [3.05, 3.63) is 29.3 Å². The Labute approximate surface area is 95.0 Å². The lowest BCUT2D eigenvalue weighted by Gasteiger charge is -2.14. The smallest absolute Gasteiger partial charge is 0.305 e.